The molecule has 1 atom stereocenters. The van der Waals surface area contributed by atoms with Gasteiger partial charge < -0.3 is 18.9 Å². The van der Waals surface area contributed by atoms with Gasteiger partial charge in [-0.05, 0) is 42.8 Å². The molecule has 0 N–H and O–H groups in total. The summed E-state index contributed by atoms with van der Waals surface area (Å²) in [5.74, 6) is 0.376. The standard InChI is InChI=1S/C26H18Cl2O6/c1-14-20(34-26(30)22(28)15-5-3-2-4-6-15)8-7-19-23(29)21(33-24(14)19)11-16-9-18(27)10-17-12-31-13-32-25(16)17/h2-11,22H,12-13H2,1H3/b21-11-. The predicted octanol–water partition coefficient (Wildman–Crippen LogP) is 6.02. The molecule has 2 heterocycles. The van der Waals surface area contributed by atoms with Gasteiger partial charge in [0, 0.05) is 21.7 Å². The number of hydrogen-bond donors (Lipinski definition) is 0. The van der Waals surface area contributed by atoms with E-state index in [4.69, 9.17) is 42.1 Å². The van der Waals surface area contributed by atoms with E-state index >= 15 is 0 Å². The fourth-order valence-corrected chi connectivity index (χ4v) is 4.29. The Labute approximate surface area is 205 Å². The topological polar surface area (TPSA) is 71.1 Å². The van der Waals surface area contributed by atoms with E-state index in [1.807, 2.05) is 6.07 Å². The lowest BCUT2D eigenvalue weighted by Gasteiger charge is -2.20. The van der Waals surface area contributed by atoms with Gasteiger partial charge in [0.1, 0.15) is 17.2 Å². The summed E-state index contributed by atoms with van der Waals surface area (Å²) in [6, 6.07) is 15.5. The van der Waals surface area contributed by atoms with Crippen molar-refractivity contribution in [2.24, 2.45) is 0 Å². The Hall–Kier alpha value is -3.32. The smallest absolute Gasteiger partial charge is 0.334 e. The summed E-state index contributed by atoms with van der Waals surface area (Å²) in [4.78, 5) is 25.6. The second kappa shape index (κ2) is 9.14. The molecule has 0 saturated carbocycles. The Morgan fingerprint density at radius 2 is 1.91 bits per heavy atom. The van der Waals surface area contributed by atoms with Gasteiger partial charge in [-0.15, -0.1) is 11.6 Å². The van der Waals surface area contributed by atoms with E-state index in [-0.39, 0.29) is 24.1 Å². The number of ether oxygens (including phenoxy) is 4. The van der Waals surface area contributed by atoms with Crippen LogP contribution in [0.3, 0.4) is 0 Å². The number of esters is 1. The van der Waals surface area contributed by atoms with Crippen molar-refractivity contribution >= 4 is 41.0 Å². The van der Waals surface area contributed by atoms with Crippen LogP contribution in [0.5, 0.6) is 17.2 Å². The van der Waals surface area contributed by atoms with Crippen LogP contribution in [-0.4, -0.2) is 18.5 Å². The molecule has 0 saturated heterocycles. The van der Waals surface area contributed by atoms with Gasteiger partial charge in [0.15, 0.2) is 17.9 Å². The molecule has 0 radical (unpaired) electrons. The first-order valence-corrected chi connectivity index (χ1v) is 11.3. The summed E-state index contributed by atoms with van der Waals surface area (Å²) < 4.78 is 22.4. The number of fused-ring (bicyclic) bond motifs is 2. The molecule has 34 heavy (non-hydrogen) atoms. The van der Waals surface area contributed by atoms with Crippen molar-refractivity contribution in [1.29, 1.82) is 0 Å². The lowest BCUT2D eigenvalue weighted by Crippen LogP contribution is -2.15. The molecule has 0 amide bonds. The van der Waals surface area contributed by atoms with Crippen LogP contribution < -0.4 is 14.2 Å². The van der Waals surface area contributed by atoms with Crippen molar-refractivity contribution in [2.75, 3.05) is 6.79 Å². The number of carbonyl (C=O) groups is 2. The van der Waals surface area contributed by atoms with Gasteiger partial charge in [0.05, 0.1) is 12.2 Å². The SMILES string of the molecule is Cc1c(OC(=O)C(Cl)c2ccccc2)ccc2c1O/C(=C\c1cc(Cl)cc3c1OCOC3)C2=O. The number of halogens is 2. The van der Waals surface area contributed by atoms with E-state index in [1.165, 1.54) is 0 Å². The number of alkyl halides is 1. The normalized spacial score (nSPS) is 16.3. The molecule has 1 unspecified atom stereocenters. The highest BCUT2D eigenvalue weighted by Crippen LogP contribution is 2.41. The zero-order valence-corrected chi connectivity index (χ0v) is 19.5. The fourth-order valence-electron chi connectivity index (χ4n) is 3.85. The van der Waals surface area contributed by atoms with Crippen LogP contribution in [0.4, 0.5) is 0 Å². The number of benzene rings is 3. The third kappa shape index (κ3) is 4.16. The molecule has 3 aromatic rings. The Morgan fingerprint density at radius 1 is 1.12 bits per heavy atom. The third-order valence-electron chi connectivity index (χ3n) is 5.54. The summed E-state index contributed by atoms with van der Waals surface area (Å²) in [6.45, 7) is 2.18. The van der Waals surface area contributed by atoms with E-state index in [2.05, 4.69) is 0 Å². The largest absolute Gasteiger partial charge is 0.467 e. The molecule has 5 rings (SSSR count). The van der Waals surface area contributed by atoms with E-state index < -0.39 is 11.3 Å². The van der Waals surface area contributed by atoms with Gasteiger partial charge >= 0.3 is 5.97 Å². The average Bonchev–Trinajstić information content (AvgIpc) is 3.16. The maximum absolute atomic E-state index is 13.0. The van der Waals surface area contributed by atoms with Crippen molar-refractivity contribution in [3.63, 3.8) is 0 Å². The van der Waals surface area contributed by atoms with Gasteiger partial charge in [0.2, 0.25) is 5.78 Å². The number of Topliss-reactive ketones (excluding diaryl/α,β-unsaturated/α-hetero) is 1. The van der Waals surface area contributed by atoms with E-state index in [0.29, 0.717) is 45.4 Å². The highest BCUT2D eigenvalue weighted by Gasteiger charge is 2.32. The third-order valence-corrected chi connectivity index (χ3v) is 6.18. The zero-order valence-electron chi connectivity index (χ0n) is 18.0. The first kappa shape index (κ1) is 22.5. The van der Waals surface area contributed by atoms with Crippen molar-refractivity contribution in [1.82, 2.24) is 0 Å². The lowest BCUT2D eigenvalue weighted by molar-refractivity contribution is -0.134. The molecule has 6 nitrogen and oxygen atoms in total. The molecule has 172 valence electrons. The van der Waals surface area contributed by atoms with Crippen LogP contribution >= 0.6 is 23.2 Å². The lowest BCUT2D eigenvalue weighted by atomic mass is 10.0. The van der Waals surface area contributed by atoms with Gasteiger partial charge in [-0.1, -0.05) is 41.9 Å². The maximum Gasteiger partial charge on any atom is 0.334 e. The Balaban J connectivity index is 1.42. The Bertz CT molecular complexity index is 1330. The van der Waals surface area contributed by atoms with Crippen molar-refractivity contribution < 1.29 is 28.5 Å². The monoisotopic (exact) mass is 496 g/mol. The van der Waals surface area contributed by atoms with Crippen LogP contribution in [0.2, 0.25) is 5.02 Å². The average molecular weight is 497 g/mol. The molecular weight excluding hydrogens is 479 g/mol. The van der Waals surface area contributed by atoms with Gasteiger partial charge in [-0.3, -0.25) is 4.79 Å². The van der Waals surface area contributed by atoms with Crippen molar-refractivity contribution in [3.8, 4) is 17.2 Å². The summed E-state index contributed by atoms with van der Waals surface area (Å²) in [5.41, 5.74) is 2.90. The second-order valence-electron chi connectivity index (χ2n) is 7.79. The molecule has 2 aliphatic rings. The number of carbonyl (C=O) groups excluding carboxylic acids is 2. The summed E-state index contributed by atoms with van der Waals surface area (Å²) in [7, 11) is 0. The van der Waals surface area contributed by atoms with E-state index in [0.717, 1.165) is 5.56 Å². The van der Waals surface area contributed by atoms with Crippen molar-refractivity contribution in [3.05, 3.63) is 93.2 Å². The molecule has 0 spiro atoms. The first-order chi connectivity index (χ1) is 16.4. The quantitative estimate of drug-likeness (QED) is 0.190. The van der Waals surface area contributed by atoms with E-state index in [9.17, 15) is 9.59 Å². The fraction of sp³-hybridized carbons (Fsp3) is 0.154. The number of rotatable bonds is 4. The van der Waals surface area contributed by atoms with Crippen LogP contribution in [-0.2, 0) is 16.1 Å². The molecule has 2 aliphatic heterocycles. The minimum absolute atomic E-state index is 0.109. The molecule has 0 bridgehead atoms. The molecule has 8 heteroatoms. The predicted molar refractivity (Wildman–Crippen MR) is 127 cm³/mol. The molecular formula is C26H18Cl2O6. The van der Waals surface area contributed by atoms with Crippen molar-refractivity contribution in [2.45, 2.75) is 18.9 Å². The van der Waals surface area contributed by atoms with Gasteiger partial charge in [-0.2, -0.15) is 0 Å². The molecule has 0 aliphatic carbocycles. The first-order valence-electron chi connectivity index (χ1n) is 10.4. The highest BCUT2D eigenvalue weighted by atomic mass is 35.5. The molecule has 0 aromatic heterocycles. The minimum atomic E-state index is -0.968. The van der Waals surface area contributed by atoms with Gasteiger partial charge in [-0.25, -0.2) is 4.79 Å². The summed E-state index contributed by atoms with van der Waals surface area (Å²) in [5, 5.41) is -0.480. The minimum Gasteiger partial charge on any atom is -0.467 e. The Kier molecular flexibility index (Phi) is 6.04. The van der Waals surface area contributed by atoms with Crippen LogP contribution in [0.15, 0.2) is 60.4 Å². The number of allylic oxidation sites excluding steroid dienone is 1. The second-order valence-corrected chi connectivity index (χ2v) is 8.67. The maximum atomic E-state index is 13.0. The van der Waals surface area contributed by atoms with Gasteiger partial charge in [0.25, 0.3) is 0 Å². The number of hydrogen-bond acceptors (Lipinski definition) is 6. The summed E-state index contributed by atoms with van der Waals surface area (Å²) in [6.07, 6.45) is 1.59. The van der Waals surface area contributed by atoms with Crippen LogP contribution in [0.25, 0.3) is 6.08 Å². The molecule has 0 fully saturated rings. The zero-order chi connectivity index (χ0) is 23.8. The molecule has 3 aromatic carbocycles. The highest BCUT2D eigenvalue weighted by molar-refractivity contribution is 6.31. The number of ketones is 1. The van der Waals surface area contributed by atoms with Crippen LogP contribution in [0, 0.1) is 6.92 Å². The Morgan fingerprint density at radius 3 is 2.71 bits per heavy atom. The van der Waals surface area contributed by atoms with E-state index in [1.54, 1.807) is 61.5 Å². The summed E-state index contributed by atoms with van der Waals surface area (Å²) >= 11 is 12.5. The van der Waals surface area contributed by atoms with Crippen LogP contribution in [0.1, 0.15) is 38.0 Å².